The van der Waals surface area contributed by atoms with E-state index in [1.807, 2.05) is 18.2 Å². The highest BCUT2D eigenvalue weighted by Crippen LogP contribution is 2.27. The molecule has 0 spiro atoms. The summed E-state index contributed by atoms with van der Waals surface area (Å²) in [6.07, 6.45) is 4.90. The predicted octanol–water partition coefficient (Wildman–Crippen LogP) is 1.96. The topological polar surface area (TPSA) is 125 Å². The number of hydrogen-bond donors (Lipinski definition) is 2. The molecular weight excluding hydrogens is 390 g/mol. The fraction of sp³-hybridized carbons (Fsp3) is 0.333. The number of hydrogen-bond acceptors (Lipinski definition) is 9. The molecule has 0 aromatic carbocycles. The predicted molar refractivity (Wildman–Crippen MR) is 107 cm³/mol. The number of carbonyl (C=O) groups excluding carboxylic acids is 1. The van der Waals surface area contributed by atoms with Crippen molar-refractivity contribution in [1.82, 2.24) is 29.7 Å². The molecule has 10 nitrogen and oxygen atoms in total. The third kappa shape index (κ3) is 4.74. The van der Waals surface area contributed by atoms with Gasteiger partial charge in [-0.25, -0.2) is 14.6 Å². The summed E-state index contributed by atoms with van der Waals surface area (Å²) < 4.78 is 1.36. The first-order valence-corrected chi connectivity index (χ1v) is 10.0. The fourth-order valence-electron chi connectivity index (χ4n) is 3.27. The number of nitrogens with zero attached hydrogens (tertiary/aromatic N) is 7. The van der Waals surface area contributed by atoms with Crippen molar-refractivity contribution in [2.45, 2.75) is 18.8 Å². The second-order valence-electron chi connectivity index (χ2n) is 6.65. The van der Waals surface area contributed by atoms with Gasteiger partial charge in [-0.05, 0) is 31.5 Å². The van der Waals surface area contributed by atoms with Crippen molar-refractivity contribution in [3.05, 3.63) is 47.6 Å². The quantitative estimate of drug-likeness (QED) is 0.592. The van der Waals surface area contributed by atoms with E-state index in [-0.39, 0.29) is 5.91 Å². The second kappa shape index (κ2) is 8.76. The van der Waals surface area contributed by atoms with E-state index in [0.29, 0.717) is 29.1 Å². The molecule has 1 aliphatic heterocycles. The minimum atomic E-state index is -0.351. The Labute approximate surface area is 171 Å². The zero-order valence-corrected chi connectivity index (χ0v) is 16.3. The van der Waals surface area contributed by atoms with Gasteiger partial charge in [-0.2, -0.15) is 5.26 Å². The normalized spacial score (nSPS) is 16.9. The van der Waals surface area contributed by atoms with Gasteiger partial charge in [-0.3, -0.25) is 15.1 Å². The molecule has 1 fully saturated rings. The molecule has 4 rings (SSSR count). The van der Waals surface area contributed by atoms with Gasteiger partial charge in [0.05, 0.1) is 12.6 Å². The minimum Gasteiger partial charge on any atom is -0.316 e. The van der Waals surface area contributed by atoms with Gasteiger partial charge in [0.25, 0.3) is 5.91 Å². The van der Waals surface area contributed by atoms with Crippen LogP contribution in [0.4, 0.5) is 10.9 Å². The van der Waals surface area contributed by atoms with Gasteiger partial charge in [0, 0.05) is 23.5 Å². The lowest BCUT2D eigenvalue weighted by Gasteiger charge is -2.30. The molecule has 1 atom stereocenters. The van der Waals surface area contributed by atoms with E-state index in [9.17, 15) is 4.79 Å². The summed E-state index contributed by atoms with van der Waals surface area (Å²) in [5, 5.41) is 21.6. The van der Waals surface area contributed by atoms with Gasteiger partial charge < -0.3 is 5.32 Å². The number of likely N-dealkylation sites (tertiary alicyclic amines) is 1. The van der Waals surface area contributed by atoms with Crippen molar-refractivity contribution < 1.29 is 4.79 Å². The van der Waals surface area contributed by atoms with Gasteiger partial charge in [0.1, 0.15) is 24.2 Å². The molecule has 0 unspecified atom stereocenters. The van der Waals surface area contributed by atoms with Crippen LogP contribution in [-0.4, -0.2) is 55.3 Å². The summed E-state index contributed by atoms with van der Waals surface area (Å²) >= 11 is 1.33. The van der Waals surface area contributed by atoms with Gasteiger partial charge in [0.15, 0.2) is 5.13 Å². The zero-order chi connectivity index (χ0) is 20.1. The van der Waals surface area contributed by atoms with Crippen LogP contribution in [0.1, 0.15) is 34.9 Å². The summed E-state index contributed by atoms with van der Waals surface area (Å²) in [5.74, 6) is 0.635. The summed E-state index contributed by atoms with van der Waals surface area (Å²) in [4.78, 5) is 23.4. The maximum atomic E-state index is 12.2. The van der Waals surface area contributed by atoms with Crippen LogP contribution in [0.15, 0.2) is 36.2 Å². The van der Waals surface area contributed by atoms with Crippen LogP contribution in [-0.2, 0) is 0 Å². The molecule has 4 heterocycles. The van der Waals surface area contributed by atoms with Crippen LogP contribution in [0, 0.1) is 11.3 Å². The molecule has 0 saturated carbocycles. The molecule has 1 saturated heterocycles. The van der Waals surface area contributed by atoms with E-state index in [2.05, 4.69) is 36.9 Å². The van der Waals surface area contributed by atoms with E-state index in [0.717, 1.165) is 31.6 Å². The third-order valence-electron chi connectivity index (χ3n) is 4.61. The van der Waals surface area contributed by atoms with Crippen LogP contribution in [0.2, 0.25) is 0 Å². The first-order chi connectivity index (χ1) is 14.2. The maximum absolute atomic E-state index is 12.2. The summed E-state index contributed by atoms with van der Waals surface area (Å²) in [6.45, 7) is 2.25. The maximum Gasteiger partial charge on any atom is 0.289 e. The molecule has 3 aromatic rings. The zero-order valence-electron chi connectivity index (χ0n) is 15.5. The van der Waals surface area contributed by atoms with E-state index in [1.165, 1.54) is 28.7 Å². The number of thiazole rings is 1. The first kappa shape index (κ1) is 19.0. The standard InChI is InChI=1S/C18H19N9OS/c19-6-8-26-7-2-3-13(9-26)14-4-1-5-16(22-14)24-18-23-15(10-29-18)17(28)25-27-11-20-21-12-27/h1,4-5,10-13H,2-3,7-9H2,(H,25,28)(H,22,23,24)/t13-/m0/s1. The van der Waals surface area contributed by atoms with Crippen LogP contribution in [0.25, 0.3) is 0 Å². The van der Waals surface area contributed by atoms with Crippen LogP contribution in [0.5, 0.6) is 0 Å². The number of nitriles is 1. The Morgan fingerprint density at radius 1 is 1.31 bits per heavy atom. The highest BCUT2D eigenvalue weighted by Gasteiger charge is 2.22. The molecule has 0 bridgehead atoms. The Kier molecular flexibility index (Phi) is 5.73. The van der Waals surface area contributed by atoms with Gasteiger partial charge >= 0.3 is 0 Å². The van der Waals surface area contributed by atoms with Crippen LogP contribution < -0.4 is 10.7 Å². The fourth-order valence-corrected chi connectivity index (χ4v) is 3.96. The number of carbonyl (C=O) groups is 1. The number of nitrogens with one attached hydrogen (secondary N) is 2. The lowest BCUT2D eigenvalue weighted by atomic mass is 9.94. The number of rotatable bonds is 6. The Bertz CT molecular complexity index is 1010. The average Bonchev–Trinajstić information content (AvgIpc) is 3.41. The monoisotopic (exact) mass is 409 g/mol. The molecule has 1 amide bonds. The SMILES string of the molecule is N#CCN1CCC[C@H](c2cccc(Nc3nc(C(=O)Nn4cnnc4)cs3)n2)C1. The Morgan fingerprint density at radius 2 is 2.17 bits per heavy atom. The number of amides is 1. The molecule has 1 aliphatic rings. The molecule has 0 aliphatic carbocycles. The first-order valence-electron chi connectivity index (χ1n) is 9.16. The Balaban J connectivity index is 1.41. The van der Waals surface area contributed by atoms with Gasteiger partial charge in [-0.15, -0.1) is 21.5 Å². The van der Waals surface area contributed by atoms with E-state index in [1.54, 1.807) is 5.38 Å². The smallest absolute Gasteiger partial charge is 0.289 e. The van der Waals surface area contributed by atoms with Crippen molar-refractivity contribution in [2.75, 3.05) is 30.4 Å². The van der Waals surface area contributed by atoms with E-state index in [4.69, 9.17) is 10.2 Å². The van der Waals surface area contributed by atoms with Crippen molar-refractivity contribution in [3.8, 4) is 6.07 Å². The molecular formula is C18H19N9OS. The number of anilines is 2. The summed E-state index contributed by atoms with van der Waals surface area (Å²) in [6, 6.07) is 8.08. The summed E-state index contributed by atoms with van der Waals surface area (Å²) in [5.41, 5.74) is 3.90. The number of piperidine rings is 1. The van der Waals surface area contributed by atoms with Crippen molar-refractivity contribution >= 4 is 28.2 Å². The van der Waals surface area contributed by atoms with E-state index < -0.39 is 0 Å². The number of pyridine rings is 1. The van der Waals surface area contributed by atoms with Crippen molar-refractivity contribution in [1.29, 1.82) is 5.26 Å². The molecule has 0 radical (unpaired) electrons. The largest absolute Gasteiger partial charge is 0.316 e. The highest BCUT2D eigenvalue weighted by atomic mass is 32.1. The molecule has 29 heavy (non-hydrogen) atoms. The molecule has 11 heteroatoms. The van der Waals surface area contributed by atoms with Crippen molar-refractivity contribution in [3.63, 3.8) is 0 Å². The lowest BCUT2D eigenvalue weighted by molar-refractivity contribution is 0.100. The Hall–Kier alpha value is -3.36. The van der Waals surface area contributed by atoms with Crippen molar-refractivity contribution in [2.24, 2.45) is 0 Å². The van der Waals surface area contributed by atoms with E-state index >= 15 is 0 Å². The lowest BCUT2D eigenvalue weighted by Crippen LogP contribution is -2.34. The highest BCUT2D eigenvalue weighted by molar-refractivity contribution is 7.14. The third-order valence-corrected chi connectivity index (χ3v) is 5.37. The number of aromatic nitrogens is 5. The van der Waals surface area contributed by atoms with Crippen LogP contribution >= 0.6 is 11.3 Å². The molecule has 148 valence electrons. The van der Waals surface area contributed by atoms with Crippen LogP contribution in [0.3, 0.4) is 0 Å². The molecule has 3 aromatic heterocycles. The average molecular weight is 409 g/mol. The minimum absolute atomic E-state index is 0.293. The molecule has 2 N–H and O–H groups in total. The summed E-state index contributed by atoms with van der Waals surface area (Å²) in [7, 11) is 0. The second-order valence-corrected chi connectivity index (χ2v) is 7.51. The van der Waals surface area contributed by atoms with Gasteiger partial charge in [0.2, 0.25) is 0 Å². The Morgan fingerprint density at radius 3 is 3.00 bits per heavy atom. The van der Waals surface area contributed by atoms with Gasteiger partial charge in [-0.1, -0.05) is 6.07 Å².